The van der Waals surface area contributed by atoms with Crippen LogP contribution in [0.5, 0.6) is 0 Å². The number of pyridine rings is 4. The normalized spacial score (nSPS) is 11.1. The Labute approximate surface area is 648 Å². The number of fused-ring (bicyclic) bond motifs is 3. The molecule has 12 heterocycles. The summed E-state index contributed by atoms with van der Waals surface area (Å²) in [6, 6.07) is 54.3. The maximum Gasteiger partial charge on any atom is 0.274 e. The van der Waals surface area contributed by atoms with Crippen LogP contribution in [0.3, 0.4) is 0 Å². The molecule has 16 rings (SSSR count). The van der Waals surface area contributed by atoms with E-state index in [1.54, 1.807) is 175 Å². The second kappa shape index (κ2) is 34.1. The number of aromatic amines is 4. The number of carbonyl (C=O) groups is 5. The van der Waals surface area contributed by atoms with Gasteiger partial charge in [-0.05, 0) is 143 Å². The summed E-state index contributed by atoms with van der Waals surface area (Å²) < 4.78 is 49.4. The van der Waals surface area contributed by atoms with E-state index in [-0.39, 0.29) is 63.2 Å². The molecule has 114 heavy (non-hydrogen) atoms. The third-order valence-electron chi connectivity index (χ3n) is 16.2. The third-order valence-corrected chi connectivity index (χ3v) is 18.5. The first-order chi connectivity index (χ1) is 54.9. The van der Waals surface area contributed by atoms with Crippen molar-refractivity contribution in [1.29, 1.82) is 0 Å². The number of aromatic nitrogens is 20. The number of hydrogen-bond donors (Lipinski definition) is 9. The number of nitrogens with one attached hydrogen (secondary N) is 9. The number of sulfonamides is 1. The zero-order valence-electron chi connectivity index (χ0n) is 61.1. The summed E-state index contributed by atoms with van der Waals surface area (Å²) in [7, 11) is -6.73. The number of nitrogens with zero attached hydrogens (tertiary/aromatic N) is 16. The number of amides is 4. The third kappa shape index (κ3) is 19.6. The van der Waals surface area contributed by atoms with E-state index >= 15 is 0 Å². The summed E-state index contributed by atoms with van der Waals surface area (Å²) in [5.74, 6) is 1.97. The van der Waals surface area contributed by atoms with Gasteiger partial charge in [0.05, 0.1) is 16.9 Å². The van der Waals surface area contributed by atoms with Crippen LogP contribution >= 0.6 is 0 Å². The topological polar surface area (TPSA) is 483 Å². The van der Waals surface area contributed by atoms with Gasteiger partial charge in [-0.2, -0.15) is 39.9 Å². The summed E-state index contributed by atoms with van der Waals surface area (Å²) in [5, 5.41) is 12.9. The lowest BCUT2D eigenvalue weighted by molar-refractivity contribution is 0.101. The molecule has 0 bridgehead atoms. The molecule has 4 amide bonds. The van der Waals surface area contributed by atoms with Gasteiger partial charge in [-0.25, -0.2) is 36.8 Å². The Balaban J connectivity index is 0.000000133. The van der Waals surface area contributed by atoms with E-state index in [9.17, 15) is 40.8 Å². The van der Waals surface area contributed by atoms with Gasteiger partial charge < -0.3 is 19.9 Å². The molecular formula is C78H65N25O9S2. The minimum atomic E-state index is -3.39. The molecule has 568 valence electrons. The summed E-state index contributed by atoms with van der Waals surface area (Å²) in [6.07, 6.45) is 9.13. The lowest BCUT2D eigenvalue weighted by atomic mass is 10.1. The van der Waals surface area contributed by atoms with Gasteiger partial charge in [-0.15, -0.1) is 0 Å². The molecule has 0 spiro atoms. The average Bonchev–Trinajstić information content (AvgIpc) is 1.47. The molecular weight excluding hydrogens is 1500 g/mol. The second-order valence-corrected chi connectivity index (χ2v) is 28.8. The van der Waals surface area contributed by atoms with Crippen molar-refractivity contribution < 1.29 is 40.8 Å². The molecule has 0 saturated heterocycles. The first kappa shape index (κ1) is 76.9. The standard InChI is InChI=1S/C21H16N6O2.C20H18N6O3S.C19H17N7O3S.C18H14N6O/c1-13-24-19(16-9-5-6-10-22-16)26-21(25-13)27-20(29)17-11-15(12-23-17)18(28)14-7-3-2-4-8-14;1-3-30(28,29)14-7-8-15-13(10-14)11-17(24-15)19(27)26-20-23-12(2)22-18(25-20)16-6-4-5-9-21-16;1-11-21-17(15-5-3-4-8-20-15)24-19(22-11)25-18(27)16-10-12-9-13(26-30(2,28)29)6-7-14(12)23-16;1-11-20-16(14-8-4-5-9-19-14)23-18(21-11)24-17(25)15-10-12-6-2-3-7-13(12)22-15/h2-12,23H,1H3,(H,24,25,26,27,29);4-11,24H,3H2,1-2H3,(H,22,23,25,26,27);3-10,23,26H,1-2H3,(H,21,22,24,25,27);2-10,22H,1H3,(H,20,21,23,24,25). The van der Waals surface area contributed by atoms with Gasteiger partial charge in [-0.1, -0.05) is 79.7 Å². The molecule has 36 heteroatoms. The molecule has 0 fully saturated rings. The highest BCUT2D eigenvalue weighted by Gasteiger charge is 2.22. The van der Waals surface area contributed by atoms with Gasteiger partial charge in [0.2, 0.25) is 33.8 Å². The lowest BCUT2D eigenvalue weighted by Gasteiger charge is -2.05. The molecule has 0 aliphatic carbocycles. The van der Waals surface area contributed by atoms with Crippen molar-refractivity contribution in [3.8, 4) is 46.1 Å². The molecule has 16 aromatic rings. The van der Waals surface area contributed by atoms with Crippen molar-refractivity contribution in [3.63, 3.8) is 0 Å². The van der Waals surface area contributed by atoms with E-state index in [2.05, 4.69) is 126 Å². The quantitative estimate of drug-likeness (QED) is 0.0360. The molecule has 9 N–H and O–H groups in total. The van der Waals surface area contributed by atoms with Crippen LogP contribution in [0, 0.1) is 27.7 Å². The monoisotopic (exact) mass is 1560 g/mol. The summed E-state index contributed by atoms with van der Waals surface area (Å²) >= 11 is 0. The van der Waals surface area contributed by atoms with Crippen molar-refractivity contribution >= 4 is 111 Å². The minimum absolute atomic E-state index is 0.00755. The zero-order valence-corrected chi connectivity index (χ0v) is 62.8. The largest absolute Gasteiger partial charge is 0.356 e. The number of hydrogen-bond acceptors (Lipinski definition) is 25. The predicted octanol–water partition coefficient (Wildman–Crippen LogP) is 11.1. The zero-order chi connectivity index (χ0) is 80.0. The number of aryl methyl sites for hydroxylation is 4. The number of para-hydroxylation sites is 1. The van der Waals surface area contributed by atoms with Crippen LogP contribution in [0.25, 0.3) is 78.8 Å². The summed E-state index contributed by atoms with van der Waals surface area (Å²) in [4.78, 5) is 143. The fourth-order valence-electron chi connectivity index (χ4n) is 11.0. The molecule has 34 nitrogen and oxygen atoms in total. The number of anilines is 5. The highest BCUT2D eigenvalue weighted by Crippen LogP contribution is 2.26. The maximum atomic E-state index is 12.7. The van der Waals surface area contributed by atoms with Crippen LogP contribution in [-0.4, -0.2) is 158 Å². The number of carbonyl (C=O) groups excluding carboxylic acids is 5. The predicted molar refractivity (Wildman–Crippen MR) is 425 cm³/mol. The Morgan fingerprint density at radius 3 is 1.12 bits per heavy atom. The van der Waals surface area contributed by atoms with Crippen molar-refractivity contribution in [2.24, 2.45) is 0 Å². The molecule has 12 aromatic heterocycles. The van der Waals surface area contributed by atoms with Crippen molar-refractivity contribution in [2.75, 3.05) is 38.0 Å². The van der Waals surface area contributed by atoms with Crippen molar-refractivity contribution in [1.82, 2.24) is 99.7 Å². The Morgan fingerprint density at radius 1 is 0.360 bits per heavy atom. The van der Waals surface area contributed by atoms with Gasteiger partial charge in [0, 0.05) is 80.5 Å². The van der Waals surface area contributed by atoms with Crippen LogP contribution in [-0.2, 0) is 19.9 Å². The first-order valence-corrected chi connectivity index (χ1v) is 38.1. The van der Waals surface area contributed by atoms with E-state index in [0.717, 1.165) is 17.2 Å². The number of benzene rings is 4. The molecule has 0 unspecified atom stereocenters. The first-order valence-electron chi connectivity index (χ1n) is 34.5. The van der Waals surface area contributed by atoms with Crippen LogP contribution in [0.15, 0.2) is 224 Å². The van der Waals surface area contributed by atoms with Crippen molar-refractivity contribution in [3.05, 3.63) is 276 Å². The summed E-state index contributed by atoms with van der Waals surface area (Å²) in [5.41, 5.74) is 7.10. The Kier molecular flexibility index (Phi) is 23.0. The van der Waals surface area contributed by atoms with E-state index < -0.39 is 37.6 Å². The average molecular weight is 1560 g/mol. The summed E-state index contributed by atoms with van der Waals surface area (Å²) in [6.45, 7) is 8.43. The number of sulfone groups is 1. The van der Waals surface area contributed by atoms with Crippen LogP contribution < -0.4 is 26.0 Å². The van der Waals surface area contributed by atoms with E-state index in [0.29, 0.717) is 114 Å². The molecule has 0 aliphatic rings. The molecule has 0 atom stereocenters. The Hall–Kier alpha value is -15.3. The number of rotatable bonds is 18. The molecule has 4 aromatic carbocycles. The van der Waals surface area contributed by atoms with Crippen LogP contribution in [0.1, 0.15) is 88.1 Å². The Morgan fingerprint density at radius 2 is 0.728 bits per heavy atom. The molecule has 0 aliphatic heterocycles. The number of H-pyrrole nitrogens is 4. The van der Waals surface area contributed by atoms with Crippen LogP contribution in [0.2, 0.25) is 0 Å². The number of ketones is 1. The molecule has 0 radical (unpaired) electrons. The lowest BCUT2D eigenvalue weighted by Crippen LogP contribution is -2.16. The minimum Gasteiger partial charge on any atom is -0.356 e. The highest BCUT2D eigenvalue weighted by molar-refractivity contribution is 7.92. The van der Waals surface area contributed by atoms with Gasteiger partial charge in [0.1, 0.15) is 68.8 Å². The van der Waals surface area contributed by atoms with E-state index in [4.69, 9.17) is 0 Å². The van der Waals surface area contributed by atoms with Gasteiger partial charge in [0.25, 0.3) is 23.6 Å². The smallest absolute Gasteiger partial charge is 0.274 e. The van der Waals surface area contributed by atoms with Gasteiger partial charge in [-0.3, -0.25) is 69.9 Å². The molecule has 0 saturated carbocycles. The second-order valence-electron chi connectivity index (χ2n) is 24.8. The van der Waals surface area contributed by atoms with Gasteiger partial charge >= 0.3 is 0 Å². The fourth-order valence-corrected chi connectivity index (χ4v) is 12.5. The Bertz CT molecular complexity index is 6460. The van der Waals surface area contributed by atoms with Crippen molar-refractivity contribution in [2.45, 2.75) is 39.5 Å². The van der Waals surface area contributed by atoms with Crippen LogP contribution in [0.4, 0.5) is 29.5 Å². The van der Waals surface area contributed by atoms with Gasteiger partial charge in [0.15, 0.2) is 38.9 Å². The van der Waals surface area contributed by atoms with E-state index in [1.807, 2.05) is 60.7 Å². The maximum absolute atomic E-state index is 12.7. The highest BCUT2D eigenvalue weighted by atomic mass is 32.2. The SMILES string of the molecule is CCS(=O)(=O)c1ccc2[nH]c(C(=O)Nc3nc(C)nc(-c4ccccn4)n3)cc2c1.Cc1nc(NC(=O)c2cc(C(=O)c3ccccc3)c[nH]2)nc(-c2ccccn2)n1.Cc1nc(NC(=O)c2cc3cc(NS(C)(=O)=O)ccc3[nH]2)nc(-c2ccccn2)n1.Cc1nc(NC(=O)c2cc3ccccc3[nH]2)nc(-c2ccccn2)n1. The fraction of sp³-hybridized carbons (Fsp3) is 0.0897. The van der Waals surface area contributed by atoms with E-state index in [1.165, 1.54) is 18.3 Å².